The predicted molar refractivity (Wildman–Crippen MR) is 105 cm³/mol. The maximum Gasteiger partial charge on any atom is 0.119 e. The van der Waals surface area contributed by atoms with Crippen molar-refractivity contribution in [3.8, 4) is 5.75 Å². The lowest BCUT2D eigenvalue weighted by Crippen LogP contribution is -2.55. The number of piperazine rings is 1. The monoisotopic (exact) mass is 351 g/mol. The number of hydrogen-bond donors (Lipinski definition) is 1. The minimum atomic E-state index is 0.127. The number of hydrogen-bond acceptors (Lipinski definition) is 4. The standard InChI is InChI=1S/C22H29N3O/c1-26-20-6-4-5-19(17-20)22(25-15-13-23-14-16-25)10-8-18(9-11-22)21-7-2-3-12-24-21/h2-7,12,17-18,23H,8-11,13-16H2,1H3. The molecule has 1 aromatic carbocycles. The molecule has 0 radical (unpaired) electrons. The Hall–Kier alpha value is -1.91. The molecular formula is C22H29N3O. The Balaban J connectivity index is 1.62. The fraction of sp³-hybridized carbons (Fsp3) is 0.500. The molecule has 2 aromatic rings. The van der Waals surface area contributed by atoms with Gasteiger partial charge in [0.05, 0.1) is 7.11 Å². The van der Waals surface area contributed by atoms with Gasteiger partial charge in [-0.05, 0) is 55.5 Å². The van der Waals surface area contributed by atoms with Crippen molar-refractivity contribution in [3.05, 3.63) is 59.9 Å². The van der Waals surface area contributed by atoms with Gasteiger partial charge in [0.15, 0.2) is 0 Å². The Kier molecular flexibility index (Phi) is 5.23. The maximum absolute atomic E-state index is 5.53. The first-order valence-corrected chi connectivity index (χ1v) is 9.83. The summed E-state index contributed by atoms with van der Waals surface area (Å²) in [7, 11) is 1.76. The summed E-state index contributed by atoms with van der Waals surface area (Å²) in [5.41, 5.74) is 2.80. The molecule has 1 saturated heterocycles. The average molecular weight is 351 g/mol. The summed E-state index contributed by atoms with van der Waals surface area (Å²) in [5.74, 6) is 1.54. The van der Waals surface area contributed by atoms with Gasteiger partial charge in [0.1, 0.15) is 5.75 Å². The maximum atomic E-state index is 5.53. The first-order chi connectivity index (χ1) is 12.8. The summed E-state index contributed by atoms with van der Waals surface area (Å²) in [4.78, 5) is 7.33. The van der Waals surface area contributed by atoms with Gasteiger partial charge in [-0.15, -0.1) is 0 Å². The highest BCUT2D eigenvalue weighted by Gasteiger charge is 2.42. The molecule has 2 aliphatic rings. The van der Waals surface area contributed by atoms with Crippen molar-refractivity contribution in [2.75, 3.05) is 33.3 Å². The number of aromatic nitrogens is 1. The molecule has 1 N–H and O–H groups in total. The van der Waals surface area contributed by atoms with Crippen LogP contribution in [-0.4, -0.2) is 43.2 Å². The van der Waals surface area contributed by atoms with Crippen LogP contribution in [-0.2, 0) is 5.54 Å². The van der Waals surface area contributed by atoms with Gasteiger partial charge in [-0.2, -0.15) is 0 Å². The van der Waals surface area contributed by atoms with E-state index in [1.54, 1.807) is 7.11 Å². The van der Waals surface area contributed by atoms with Crippen LogP contribution in [0.4, 0.5) is 0 Å². The van der Waals surface area contributed by atoms with Gasteiger partial charge < -0.3 is 10.1 Å². The average Bonchev–Trinajstić information content (AvgIpc) is 2.75. The van der Waals surface area contributed by atoms with Gasteiger partial charge in [-0.25, -0.2) is 0 Å². The Morgan fingerprint density at radius 2 is 1.88 bits per heavy atom. The second-order valence-corrected chi connectivity index (χ2v) is 7.53. The highest BCUT2D eigenvalue weighted by Crippen LogP contribution is 2.47. The SMILES string of the molecule is COc1cccc(C2(N3CCNCC3)CCC(c3ccccn3)CC2)c1. The highest BCUT2D eigenvalue weighted by molar-refractivity contribution is 5.34. The molecule has 0 atom stereocenters. The smallest absolute Gasteiger partial charge is 0.119 e. The molecule has 26 heavy (non-hydrogen) atoms. The molecule has 1 aliphatic carbocycles. The second-order valence-electron chi connectivity index (χ2n) is 7.53. The normalized spacial score (nSPS) is 27.2. The van der Waals surface area contributed by atoms with Gasteiger partial charge in [-0.1, -0.05) is 18.2 Å². The molecular weight excluding hydrogens is 322 g/mol. The molecule has 0 unspecified atom stereocenters. The predicted octanol–water partition coefficient (Wildman–Crippen LogP) is 3.55. The zero-order valence-corrected chi connectivity index (χ0v) is 15.7. The van der Waals surface area contributed by atoms with Crippen LogP contribution >= 0.6 is 0 Å². The molecule has 4 nitrogen and oxygen atoms in total. The summed E-state index contributed by atoms with van der Waals surface area (Å²) >= 11 is 0. The molecule has 4 heteroatoms. The fourth-order valence-electron chi connectivity index (χ4n) is 4.80. The Bertz CT molecular complexity index is 704. The lowest BCUT2D eigenvalue weighted by molar-refractivity contribution is 0.0307. The lowest BCUT2D eigenvalue weighted by atomic mass is 9.70. The number of pyridine rings is 1. The number of nitrogens with one attached hydrogen (secondary N) is 1. The van der Waals surface area contributed by atoms with E-state index in [2.05, 4.69) is 51.6 Å². The Morgan fingerprint density at radius 1 is 1.08 bits per heavy atom. The van der Waals surface area contributed by atoms with Crippen molar-refractivity contribution in [1.29, 1.82) is 0 Å². The number of ether oxygens (including phenoxy) is 1. The van der Waals surface area contributed by atoms with Crippen molar-refractivity contribution < 1.29 is 4.74 Å². The van der Waals surface area contributed by atoms with Crippen LogP contribution in [0.5, 0.6) is 5.75 Å². The zero-order chi connectivity index (χ0) is 17.8. The second kappa shape index (κ2) is 7.77. The van der Waals surface area contributed by atoms with Crippen LogP contribution in [0.2, 0.25) is 0 Å². The third-order valence-corrected chi connectivity index (χ3v) is 6.25. The largest absolute Gasteiger partial charge is 0.497 e. The Morgan fingerprint density at radius 3 is 2.58 bits per heavy atom. The van der Waals surface area contributed by atoms with Crippen LogP contribution < -0.4 is 10.1 Å². The number of nitrogens with zero attached hydrogens (tertiary/aromatic N) is 2. The van der Waals surface area contributed by atoms with Crippen LogP contribution in [0.1, 0.15) is 42.9 Å². The minimum Gasteiger partial charge on any atom is -0.497 e. The van der Waals surface area contributed by atoms with Gasteiger partial charge in [-0.3, -0.25) is 9.88 Å². The topological polar surface area (TPSA) is 37.4 Å². The van der Waals surface area contributed by atoms with Crippen LogP contribution in [0, 0.1) is 0 Å². The summed E-state index contributed by atoms with van der Waals surface area (Å²) in [6, 6.07) is 15.1. The summed E-state index contributed by atoms with van der Waals surface area (Å²) < 4.78 is 5.53. The molecule has 1 aromatic heterocycles. The van der Waals surface area contributed by atoms with Gasteiger partial charge >= 0.3 is 0 Å². The molecule has 2 heterocycles. The van der Waals surface area contributed by atoms with Gasteiger partial charge in [0.2, 0.25) is 0 Å². The van der Waals surface area contributed by atoms with Gasteiger partial charge in [0, 0.05) is 49.5 Å². The summed E-state index contributed by atoms with van der Waals surface area (Å²) in [6.45, 7) is 4.39. The first-order valence-electron chi connectivity index (χ1n) is 9.83. The van der Waals surface area contributed by atoms with E-state index in [1.807, 2.05) is 12.3 Å². The zero-order valence-electron chi connectivity index (χ0n) is 15.7. The van der Waals surface area contributed by atoms with E-state index >= 15 is 0 Å². The van der Waals surface area contributed by atoms with E-state index in [1.165, 1.54) is 36.9 Å². The fourth-order valence-corrected chi connectivity index (χ4v) is 4.80. The first kappa shape index (κ1) is 17.5. The molecule has 2 fully saturated rings. The number of methoxy groups -OCH3 is 1. The van der Waals surface area contributed by atoms with E-state index in [-0.39, 0.29) is 5.54 Å². The molecule has 0 amide bonds. The molecule has 4 rings (SSSR count). The van der Waals surface area contributed by atoms with Crippen molar-refractivity contribution in [2.45, 2.75) is 37.1 Å². The molecule has 1 saturated carbocycles. The molecule has 0 spiro atoms. The minimum absolute atomic E-state index is 0.127. The molecule has 0 bridgehead atoms. The van der Waals surface area contributed by atoms with Crippen molar-refractivity contribution in [1.82, 2.24) is 15.2 Å². The van der Waals surface area contributed by atoms with E-state index in [0.29, 0.717) is 5.92 Å². The van der Waals surface area contributed by atoms with Crippen molar-refractivity contribution >= 4 is 0 Å². The van der Waals surface area contributed by atoms with Crippen LogP contribution in [0.15, 0.2) is 48.7 Å². The number of rotatable bonds is 4. The van der Waals surface area contributed by atoms with Crippen LogP contribution in [0.25, 0.3) is 0 Å². The van der Waals surface area contributed by atoms with E-state index in [0.717, 1.165) is 31.9 Å². The lowest BCUT2D eigenvalue weighted by Gasteiger charge is -2.50. The summed E-state index contributed by atoms with van der Waals surface area (Å²) in [6.07, 6.45) is 6.68. The number of benzene rings is 1. The van der Waals surface area contributed by atoms with E-state index in [4.69, 9.17) is 4.74 Å². The van der Waals surface area contributed by atoms with Crippen molar-refractivity contribution in [2.24, 2.45) is 0 Å². The third-order valence-electron chi connectivity index (χ3n) is 6.25. The van der Waals surface area contributed by atoms with E-state index in [9.17, 15) is 0 Å². The quantitative estimate of drug-likeness (QED) is 0.914. The Labute approximate surface area is 156 Å². The third kappa shape index (κ3) is 3.36. The molecule has 138 valence electrons. The molecule has 1 aliphatic heterocycles. The summed E-state index contributed by atoms with van der Waals surface area (Å²) in [5, 5.41) is 3.50. The van der Waals surface area contributed by atoms with Gasteiger partial charge in [0.25, 0.3) is 0 Å². The van der Waals surface area contributed by atoms with E-state index < -0.39 is 0 Å². The van der Waals surface area contributed by atoms with Crippen LogP contribution in [0.3, 0.4) is 0 Å². The van der Waals surface area contributed by atoms with Crippen molar-refractivity contribution in [3.63, 3.8) is 0 Å². The highest BCUT2D eigenvalue weighted by atomic mass is 16.5.